The van der Waals surface area contributed by atoms with Crippen LogP contribution in [0, 0.1) is 0 Å². The van der Waals surface area contributed by atoms with Crippen molar-refractivity contribution >= 4 is 11.8 Å². The average molecular weight is 294 g/mol. The molecule has 1 saturated heterocycles. The predicted molar refractivity (Wildman–Crippen MR) is 85.4 cm³/mol. The van der Waals surface area contributed by atoms with Crippen LogP contribution in [0.4, 0.5) is 0 Å². The zero-order valence-corrected chi connectivity index (χ0v) is 12.3. The Morgan fingerprint density at radius 1 is 1.00 bits per heavy atom. The van der Waals surface area contributed by atoms with Gasteiger partial charge in [0.05, 0.1) is 6.54 Å². The first-order chi connectivity index (χ1) is 10.7. The van der Waals surface area contributed by atoms with E-state index >= 15 is 0 Å². The highest BCUT2D eigenvalue weighted by molar-refractivity contribution is 5.97. The lowest BCUT2D eigenvalue weighted by molar-refractivity contribution is -0.121. The number of benzene rings is 2. The lowest BCUT2D eigenvalue weighted by atomic mass is 10.0. The van der Waals surface area contributed by atoms with Crippen LogP contribution in [-0.4, -0.2) is 36.3 Å². The molecular weight excluding hydrogens is 276 g/mol. The van der Waals surface area contributed by atoms with Gasteiger partial charge in [-0.1, -0.05) is 42.5 Å². The lowest BCUT2D eigenvalue weighted by Crippen LogP contribution is -2.37. The summed E-state index contributed by atoms with van der Waals surface area (Å²) < 4.78 is 0. The van der Waals surface area contributed by atoms with Crippen molar-refractivity contribution in [1.82, 2.24) is 10.2 Å². The summed E-state index contributed by atoms with van der Waals surface area (Å²) in [4.78, 5) is 25.9. The largest absolute Gasteiger partial charge is 0.354 e. The summed E-state index contributed by atoms with van der Waals surface area (Å²) in [5, 5.41) is 2.79. The Morgan fingerprint density at radius 2 is 1.77 bits per heavy atom. The second-order valence-corrected chi connectivity index (χ2v) is 5.38. The first-order valence-corrected chi connectivity index (χ1v) is 7.45. The van der Waals surface area contributed by atoms with E-state index < -0.39 is 0 Å². The standard InChI is InChI=1S/C18H18N2O2/c21-17-13-20(11-5-10-19-17)18(22)16-9-4-8-15(12-16)14-6-2-1-3-7-14/h1-4,6-9,12H,5,10-11,13H2,(H,19,21). The summed E-state index contributed by atoms with van der Waals surface area (Å²) in [6, 6.07) is 17.5. The first kappa shape index (κ1) is 14.3. The van der Waals surface area contributed by atoms with Gasteiger partial charge in [0, 0.05) is 18.7 Å². The molecule has 0 spiro atoms. The average Bonchev–Trinajstić information content (AvgIpc) is 2.79. The molecule has 112 valence electrons. The Kier molecular flexibility index (Phi) is 4.19. The molecule has 0 bridgehead atoms. The van der Waals surface area contributed by atoms with Crippen molar-refractivity contribution in [3.8, 4) is 11.1 Å². The Balaban J connectivity index is 1.85. The molecule has 0 aromatic heterocycles. The number of hydrogen-bond donors (Lipinski definition) is 1. The summed E-state index contributed by atoms with van der Waals surface area (Å²) in [6.07, 6.45) is 0.788. The van der Waals surface area contributed by atoms with Gasteiger partial charge < -0.3 is 10.2 Å². The Bertz CT molecular complexity index is 682. The number of amides is 2. The maximum atomic E-state index is 12.6. The molecule has 22 heavy (non-hydrogen) atoms. The molecule has 2 aromatic carbocycles. The molecule has 0 aliphatic carbocycles. The number of nitrogens with one attached hydrogen (secondary N) is 1. The molecule has 4 heteroatoms. The van der Waals surface area contributed by atoms with Crippen LogP contribution in [0.3, 0.4) is 0 Å². The van der Waals surface area contributed by atoms with Crippen molar-refractivity contribution in [3.05, 3.63) is 60.2 Å². The second-order valence-electron chi connectivity index (χ2n) is 5.38. The van der Waals surface area contributed by atoms with Gasteiger partial charge in [-0.3, -0.25) is 9.59 Å². The van der Waals surface area contributed by atoms with Crippen molar-refractivity contribution in [1.29, 1.82) is 0 Å². The predicted octanol–water partition coefficient (Wildman–Crippen LogP) is 2.32. The zero-order chi connectivity index (χ0) is 15.4. The third-order valence-electron chi connectivity index (χ3n) is 3.77. The van der Waals surface area contributed by atoms with E-state index in [1.165, 1.54) is 0 Å². The molecule has 1 aliphatic rings. The summed E-state index contributed by atoms with van der Waals surface area (Å²) in [5.74, 6) is -0.181. The van der Waals surface area contributed by atoms with Gasteiger partial charge in [0.1, 0.15) is 0 Å². The monoisotopic (exact) mass is 294 g/mol. The van der Waals surface area contributed by atoms with Gasteiger partial charge >= 0.3 is 0 Å². The quantitative estimate of drug-likeness (QED) is 0.924. The van der Waals surface area contributed by atoms with Crippen LogP contribution in [0.25, 0.3) is 11.1 Å². The third-order valence-corrected chi connectivity index (χ3v) is 3.77. The van der Waals surface area contributed by atoms with E-state index in [0.717, 1.165) is 17.5 Å². The van der Waals surface area contributed by atoms with Crippen LogP contribution in [0.15, 0.2) is 54.6 Å². The van der Waals surface area contributed by atoms with E-state index in [1.54, 1.807) is 11.0 Å². The van der Waals surface area contributed by atoms with Crippen LogP contribution in [0.5, 0.6) is 0 Å². The number of carbonyl (C=O) groups is 2. The van der Waals surface area contributed by atoms with Crippen LogP contribution < -0.4 is 5.32 Å². The highest BCUT2D eigenvalue weighted by Gasteiger charge is 2.21. The summed E-state index contributed by atoms with van der Waals surface area (Å²) in [7, 11) is 0. The molecule has 1 fully saturated rings. The minimum absolute atomic E-state index is 0.0881. The van der Waals surface area contributed by atoms with Crippen LogP contribution in [-0.2, 0) is 4.79 Å². The molecule has 2 aromatic rings. The van der Waals surface area contributed by atoms with Crippen molar-refractivity contribution in [2.75, 3.05) is 19.6 Å². The second kappa shape index (κ2) is 6.43. The van der Waals surface area contributed by atoms with Crippen molar-refractivity contribution in [2.45, 2.75) is 6.42 Å². The number of hydrogen-bond acceptors (Lipinski definition) is 2. The van der Waals surface area contributed by atoms with E-state index in [0.29, 0.717) is 18.7 Å². The number of carbonyl (C=O) groups excluding carboxylic acids is 2. The number of rotatable bonds is 2. The summed E-state index contributed by atoms with van der Waals surface area (Å²) >= 11 is 0. The van der Waals surface area contributed by atoms with Gasteiger partial charge in [0.2, 0.25) is 5.91 Å². The van der Waals surface area contributed by atoms with Gasteiger partial charge in [-0.2, -0.15) is 0 Å². The SMILES string of the molecule is O=C1CN(C(=O)c2cccc(-c3ccccc3)c2)CCCN1. The molecular formula is C18H18N2O2. The Labute approximate surface area is 129 Å². The van der Waals surface area contributed by atoms with Gasteiger partial charge in [0.25, 0.3) is 5.91 Å². The fourth-order valence-corrected chi connectivity index (χ4v) is 2.62. The highest BCUT2D eigenvalue weighted by Crippen LogP contribution is 2.21. The van der Waals surface area contributed by atoms with Crippen molar-refractivity contribution in [3.63, 3.8) is 0 Å². The topological polar surface area (TPSA) is 49.4 Å². The molecule has 0 atom stereocenters. The third kappa shape index (κ3) is 3.17. The van der Waals surface area contributed by atoms with Crippen LogP contribution in [0.2, 0.25) is 0 Å². The molecule has 0 unspecified atom stereocenters. The first-order valence-electron chi connectivity index (χ1n) is 7.45. The minimum Gasteiger partial charge on any atom is -0.354 e. The summed E-state index contributed by atoms with van der Waals surface area (Å²) in [6.45, 7) is 1.37. The van der Waals surface area contributed by atoms with Gasteiger partial charge in [0.15, 0.2) is 0 Å². The van der Waals surface area contributed by atoms with Gasteiger partial charge in [-0.15, -0.1) is 0 Å². The van der Waals surface area contributed by atoms with E-state index in [-0.39, 0.29) is 18.4 Å². The highest BCUT2D eigenvalue weighted by atomic mass is 16.2. The van der Waals surface area contributed by atoms with E-state index in [1.807, 2.05) is 48.5 Å². The van der Waals surface area contributed by atoms with Crippen molar-refractivity contribution < 1.29 is 9.59 Å². The molecule has 0 radical (unpaired) electrons. The molecule has 3 rings (SSSR count). The normalized spacial score (nSPS) is 15.1. The fraction of sp³-hybridized carbons (Fsp3) is 0.222. The maximum absolute atomic E-state index is 12.6. The molecule has 1 aliphatic heterocycles. The van der Waals surface area contributed by atoms with Crippen LogP contribution >= 0.6 is 0 Å². The molecule has 1 heterocycles. The van der Waals surface area contributed by atoms with E-state index in [2.05, 4.69) is 5.32 Å². The molecule has 1 N–H and O–H groups in total. The Morgan fingerprint density at radius 3 is 2.59 bits per heavy atom. The fourth-order valence-electron chi connectivity index (χ4n) is 2.62. The smallest absolute Gasteiger partial charge is 0.254 e. The van der Waals surface area contributed by atoms with Crippen LogP contribution in [0.1, 0.15) is 16.8 Å². The van der Waals surface area contributed by atoms with Crippen molar-refractivity contribution in [2.24, 2.45) is 0 Å². The van der Waals surface area contributed by atoms with E-state index in [9.17, 15) is 9.59 Å². The summed E-state index contributed by atoms with van der Waals surface area (Å²) in [5.41, 5.74) is 2.70. The zero-order valence-electron chi connectivity index (χ0n) is 12.3. The van der Waals surface area contributed by atoms with Gasteiger partial charge in [-0.25, -0.2) is 0 Å². The van der Waals surface area contributed by atoms with Gasteiger partial charge in [-0.05, 0) is 29.7 Å². The lowest BCUT2D eigenvalue weighted by Gasteiger charge is -2.19. The van der Waals surface area contributed by atoms with E-state index in [4.69, 9.17) is 0 Å². The molecule has 4 nitrogen and oxygen atoms in total. The minimum atomic E-state index is -0.0925. The molecule has 0 saturated carbocycles. The number of nitrogens with zero attached hydrogens (tertiary/aromatic N) is 1. The maximum Gasteiger partial charge on any atom is 0.254 e. The molecule has 2 amide bonds. The Hall–Kier alpha value is -2.62.